The second kappa shape index (κ2) is 4.72. The molecule has 1 aromatic heterocycles. The molecule has 0 radical (unpaired) electrons. The fraction of sp³-hybridized carbons (Fsp3) is 0.700. The standard InChI is InChI=1S/C10H17NOS/c1-4-9-8(6-12)11-10(13-9)5-7(2)3/h7,12H,4-6H2,1-3H3. The van der Waals surface area contributed by atoms with Crippen LogP contribution in [0.5, 0.6) is 0 Å². The smallest absolute Gasteiger partial charge is 0.0934 e. The Morgan fingerprint density at radius 2 is 2.15 bits per heavy atom. The van der Waals surface area contributed by atoms with Crippen molar-refractivity contribution in [2.24, 2.45) is 5.92 Å². The normalized spacial score (nSPS) is 11.2. The molecule has 0 aromatic carbocycles. The topological polar surface area (TPSA) is 33.1 Å². The van der Waals surface area contributed by atoms with E-state index in [9.17, 15) is 0 Å². The Kier molecular flexibility index (Phi) is 3.88. The first-order chi connectivity index (χ1) is 6.17. The second-order valence-electron chi connectivity index (χ2n) is 3.59. The molecule has 74 valence electrons. The van der Waals surface area contributed by atoms with E-state index in [1.807, 2.05) is 0 Å². The number of hydrogen-bond donors (Lipinski definition) is 1. The lowest BCUT2D eigenvalue weighted by Gasteiger charge is -1.98. The monoisotopic (exact) mass is 199 g/mol. The predicted molar refractivity (Wildman–Crippen MR) is 56.0 cm³/mol. The summed E-state index contributed by atoms with van der Waals surface area (Å²) in [5.41, 5.74) is 0.878. The highest BCUT2D eigenvalue weighted by Gasteiger charge is 2.09. The Morgan fingerprint density at radius 1 is 1.46 bits per heavy atom. The van der Waals surface area contributed by atoms with Crippen LogP contribution >= 0.6 is 11.3 Å². The molecule has 1 N–H and O–H groups in total. The number of aryl methyl sites for hydroxylation is 1. The van der Waals surface area contributed by atoms with Gasteiger partial charge in [-0.05, 0) is 12.3 Å². The van der Waals surface area contributed by atoms with E-state index in [1.165, 1.54) is 4.88 Å². The van der Waals surface area contributed by atoms with Crippen molar-refractivity contribution >= 4 is 11.3 Å². The molecule has 0 aliphatic carbocycles. The van der Waals surface area contributed by atoms with Crippen LogP contribution in [0.2, 0.25) is 0 Å². The Labute approximate surface area is 83.6 Å². The number of hydrogen-bond acceptors (Lipinski definition) is 3. The first kappa shape index (κ1) is 10.7. The number of thiazole rings is 1. The zero-order chi connectivity index (χ0) is 9.84. The third kappa shape index (κ3) is 2.78. The van der Waals surface area contributed by atoms with Gasteiger partial charge in [-0.1, -0.05) is 20.8 Å². The van der Waals surface area contributed by atoms with E-state index in [4.69, 9.17) is 5.11 Å². The summed E-state index contributed by atoms with van der Waals surface area (Å²) < 4.78 is 0. The molecule has 1 aromatic rings. The fourth-order valence-electron chi connectivity index (χ4n) is 1.27. The van der Waals surface area contributed by atoms with Gasteiger partial charge in [0, 0.05) is 11.3 Å². The Hall–Kier alpha value is -0.410. The van der Waals surface area contributed by atoms with Crippen LogP contribution in [0.25, 0.3) is 0 Å². The minimum absolute atomic E-state index is 0.0811. The second-order valence-corrected chi connectivity index (χ2v) is 4.76. The van der Waals surface area contributed by atoms with Gasteiger partial charge in [-0.3, -0.25) is 0 Å². The summed E-state index contributed by atoms with van der Waals surface area (Å²) in [5.74, 6) is 0.641. The van der Waals surface area contributed by atoms with Crippen LogP contribution in [0, 0.1) is 5.92 Å². The molecule has 1 heterocycles. The van der Waals surface area contributed by atoms with Crippen molar-refractivity contribution in [3.8, 4) is 0 Å². The molecule has 3 heteroatoms. The van der Waals surface area contributed by atoms with Crippen molar-refractivity contribution in [2.75, 3.05) is 0 Å². The SMILES string of the molecule is CCc1sc(CC(C)C)nc1CO. The van der Waals surface area contributed by atoms with Crippen LogP contribution in [0.1, 0.15) is 36.3 Å². The molecule has 0 aliphatic heterocycles. The van der Waals surface area contributed by atoms with Crippen molar-refractivity contribution in [1.82, 2.24) is 4.98 Å². The third-order valence-electron chi connectivity index (χ3n) is 1.88. The Morgan fingerprint density at radius 3 is 2.54 bits per heavy atom. The van der Waals surface area contributed by atoms with Gasteiger partial charge in [0.2, 0.25) is 0 Å². The summed E-state index contributed by atoms with van der Waals surface area (Å²) in [7, 11) is 0. The number of aliphatic hydroxyl groups is 1. The average Bonchev–Trinajstić information content (AvgIpc) is 2.45. The first-order valence-electron chi connectivity index (χ1n) is 4.75. The van der Waals surface area contributed by atoms with Crippen molar-refractivity contribution in [1.29, 1.82) is 0 Å². The van der Waals surface area contributed by atoms with Gasteiger partial charge in [0.15, 0.2) is 0 Å². The van der Waals surface area contributed by atoms with E-state index in [0.29, 0.717) is 5.92 Å². The molecular weight excluding hydrogens is 182 g/mol. The molecule has 1 rings (SSSR count). The van der Waals surface area contributed by atoms with E-state index in [2.05, 4.69) is 25.8 Å². The van der Waals surface area contributed by atoms with Gasteiger partial charge in [0.25, 0.3) is 0 Å². The lowest BCUT2D eigenvalue weighted by molar-refractivity contribution is 0.276. The minimum atomic E-state index is 0.0811. The summed E-state index contributed by atoms with van der Waals surface area (Å²) in [6, 6.07) is 0. The molecular formula is C10H17NOS. The predicted octanol–water partition coefficient (Wildman–Crippen LogP) is 2.40. The summed E-state index contributed by atoms with van der Waals surface area (Å²) in [5, 5.41) is 10.2. The molecule has 0 atom stereocenters. The highest BCUT2D eigenvalue weighted by atomic mass is 32.1. The van der Waals surface area contributed by atoms with Crippen LogP contribution < -0.4 is 0 Å². The zero-order valence-corrected chi connectivity index (χ0v) is 9.32. The molecule has 0 saturated heterocycles. The van der Waals surface area contributed by atoms with E-state index in [0.717, 1.165) is 23.5 Å². The molecule has 0 unspecified atom stereocenters. The minimum Gasteiger partial charge on any atom is -0.390 e. The number of aliphatic hydroxyl groups excluding tert-OH is 1. The van der Waals surface area contributed by atoms with Gasteiger partial charge < -0.3 is 5.11 Å². The summed E-state index contributed by atoms with van der Waals surface area (Å²) in [4.78, 5) is 5.64. The van der Waals surface area contributed by atoms with E-state index < -0.39 is 0 Å². The Bertz CT molecular complexity index is 246. The number of rotatable bonds is 4. The largest absolute Gasteiger partial charge is 0.390 e. The van der Waals surface area contributed by atoms with Crippen LogP contribution in [0.3, 0.4) is 0 Å². The molecule has 13 heavy (non-hydrogen) atoms. The van der Waals surface area contributed by atoms with Crippen LogP contribution in [0.15, 0.2) is 0 Å². The molecule has 2 nitrogen and oxygen atoms in total. The highest BCUT2D eigenvalue weighted by Crippen LogP contribution is 2.21. The fourth-order valence-corrected chi connectivity index (χ4v) is 2.50. The Balaban J connectivity index is 2.80. The summed E-state index contributed by atoms with van der Waals surface area (Å²) in [6.45, 7) is 6.56. The van der Waals surface area contributed by atoms with Gasteiger partial charge >= 0.3 is 0 Å². The molecule has 0 saturated carbocycles. The quantitative estimate of drug-likeness (QED) is 0.807. The number of aromatic nitrogens is 1. The molecule has 0 bridgehead atoms. The van der Waals surface area contributed by atoms with Crippen LogP contribution in [-0.2, 0) is 19.4 Å². The average molecular weight is 199 g/mol. The zero-order valence-electron chi connectivity index (χ0n) is 8.50. The van der Waals surface area contributed by atoms with Crippen molar-refractivity contribution < 1.29 is 5.11 Å². The van der Waals surface area contributed by atoms with Crippen LogP contribution in [0.4, 0.5) is 0 Å². The molecule has 0 fully saturated rings. The summed E-state index contributed by atoms with van der Waals surface area (Å²) >= 11 is 1.74. The molecule has 0 aliphatic rings. The lowest BCUT2D eigenvalue weighted by atomic mass is 10.1. The molecule has 0 amide bonds. The van der Waals surface area contributed by atoms with Gasteiger partial charge in [0.1, 0.15) is 0 Å². The summed E-state index contributed by atoms with van der Waals surface area (Å²) in [6.07, 6.45) is 2.00. The van der Waals surface area contributed by atoms with Gasteiger partial charge in [-0.25, -0.2) is 4.98 Å². The first-order valence-corrected chi connectivity index (χ1v) is 5.57. The van der Waals surface area contributed by atoms with Crippen molar-refractivity contribution in [3.63, 3.8) is 0 Å². The highest BCUT2D eigenvalue weighted by molar-refractivity contribution is 7.11. The lowest BCUT2D eigenvalue weighted by Crippen LogP contribution is -1.94. The maximum Gasteiger partial charge on any atom is 0.0934 e. The third-order valence-corrected chi connectivity index (χ3v) is 3.14. The van der Waals surface area contributed by atoms with E-state index in [1.54, 1.807) is 11.3 Å². The molecule has 0 spiro atoms. The van der Waals surface area contributed by atoms with Crippen molar-refractivity contribution in [2.45, 2.75) is 40.2 Å². The van der Waals surface area contributed by atoms with Gasteiger partial charge in [-0.15, -0.1) is 11.3 Å². The van der Waals surface area contributed by atoms with Crippen molar-refractivity contribution in [3.05, 3.63) is 15.6 Å². The van der Waals surface area contributed by atoms with E-state index in [-0.39, 0.29) is 6.61 Å². The maximum absolute atomic E-state index is 9.04. The van der Waals surface area contributed by atoms with Gasteiger partial charge in [0.05, 0.1) is 17.3 Å². The van der Waals surface area contributed by atoms with Gasteiger partial charge in [-0.2, -0.15) is 0 Å². The maximum atomic E-state index is 9.04. The van der Waals surface area contributed by atoms with Crippen LogP contribution in [-0.4, -0.2) is 10.1 Å². The number of nitrogens with zero attached hydrogens (tertiary/aromatic N) is 1. The van der Waals surface area contributed by atoms with E-state index >= 15 is 0 Å².